The van der Waals surface area contributed by atoms with E-state index in [2.05, 4.69) is 5.32 Å². The number of ketones is 1. The number of carbonyl (C=O) groups excluding carboxylic acids is 2. The molecule has 7 heteroatoms. The summed E-state index contributed by atoms with van der Waals surface area (Å²) in [5.74, 6) is -0.482. The molecule has 2 aliphatic rings. The van der Waals surface area contributed by atoms with E-state index in [0.717, 1.165) is 11.3 Å². The summed E-state index contributed by atoms with van der Waals surface area (Å²) in [7, 11) is 0. The average Bonchev–Trinajstić information content (AvgIpc) is 2.91. The van der Waals surface area contributed by atoms with Crippen molar-refractivity contribution in [2.45, 2.75) is 31.6 Å². The predicted molar refractivity (Wildman–Crippen MR) is 145 cm³/mol. The summed E-state index contributed by atoms with van der Waals surface area (Å²) >= 11 is 6.06. The molecule has 0 bridgehead atoms. The number of halogens is 1. The number of rotatable bonds is 7. The number of nitrogens with one attached hydrogen (secondary N) is 1. The van der Waals surface area contributed by atoms with Crippen LogP contribution in [0.5, 0.6) is 11.5 Å². The van der Waals surface area contributed by atoms with Crippen molar-refractivity contribution < 1.29 is 24.2 Å². The summed E-state index contributed by atoms with van der Waals surface area (Å²) in [6, 6.07) is 23.5. The molecule has 5 rings (SSSR count). The minimum Gasteiger partial charge on any atom is -0.508 e. The fourth-order valence-electron chi connectivity index (χ4n) is 5.21. The number of hydrogen-bond donors (Lipinski definition) is 2. The third kappa shape index (κ3) is 5.46. The molecule has 6 nitrogen and oxygen atoms in total. The van der Waals surface area contributed by atoms with Crippen LogP contribution in [0, 0.1) is 0 Å². The van der Waals surface area contributed by atoms with Gasteiger partial charge in [0.15, 0.2) is 5.78 Å². The molecule has 0 unspecified atom stereocenters. The van der Waals surface area contributed by atoms with Crippen LogP contribution in [0.3, 0.4) is 0 Å². The number of allylic oxidation sites excluding steroid dienone is 3. The predicted octanol–water partition coefficient (Wildman–Crippen LogP) is 6.03. The first-order chi connectivity index (χ1) is 18.4. The summed E-state index contributed by atoms with van der Waals surface area (Å²) in [5.41, 5.74) is 4.00. The largest absolute Gasteiger partial charge is 0.508 e. The second-order valence-electron chi connectivity index (χ2n) is 9.46. The molecule has 0 radical (unpaired) electrons. The van der Waals surface area contributed by atoms with Gasteiger partial charge in [0.1, 0.15) is 24.7 Å². The molecule has 3 aromatic carbocycles. The maximum atomic E-state index is 13.7. The number of dihydropyridines is 1. The molecule has 0 fully saturated rings. The van der Waals surface area contributed by atoms with E-state index in [1.807, 2.05) is 67.6 Å². The third-order valence-corrected chi connectivity index (χ3v) is 7.17. The monoisotopic (exact) mass is 529 g/mol. The minimum atomic E-state index is -0.653. The first-order valence-electron chi connectivity index (χ1n) is 12.5. The second kappa shape index (κ2) is 11.2. The number of ether oxygens (including phenoxy) is 2. The van der Waals surface area contributed by atoms with Crippen LogP contribution in [0.1, 0.15) is 42.7 Å². The van der Waals surface area contributed by atoms with Gasteiger partial charge in [-0.15, -0.1) is 0 Å². The molecule has 0 spiro atoms. The minimum absolute atomic E-state index is 0.00715. The highest BCUT2D eigenvalue weighted by Crippen LogP contribution is 2.46. The van der Waals surface area contributed by atoms with Crippen molar-refractivity contribution in [1.29, 1.82) is 0 Å². The molecule has 2 atom stereocenters. The second-order valence-corrected chi connectivity index (χ2v) is 9.90. The van der Waals surface area contributed by atoms with Crippen LogP contribution in [0.4, 0.5) is 0 Å². The Bertz CT molecular complexity index is 1410. The molecule has 0 amide bonds. The number of phenols is 1. The van der Waals surface area contributed by atoms with Crippen molar-refractivity contribution in [1.82, 2.24) is 5.32 Å². The first-order valence-corrected chi connectivity index (χ1v) is 12.9. The van der Waals surface area contributed by atoms with E-state index in [0.29, 0.717) is 46.0 Å². The van der Waals surface area contributed by atoms with E-state index in [1.165, 1.54) is 0 Å². The van der Waals surface area contributed by atoms with Crippen LogP contribution in [0.15, 0.2) is 101 Å². The maximum absolute atomic E-state index is 13.7. The standard InChI is InChI=1S/C31H28ClNO5/c1-19-28(31(36)38-15-14-37-25-8-3-2-4-9-25)29(21-6-5-7-24(34)16-21)30-26(33-19)17-22(18-27(30)35)20-10-12-23(32)13-11-20/h2-13,16,22,29,33-34H,14-15,17-18H2,1H3/t22-,29-/m0/s1. The van der Waals surface area contributed by atoms with Gasteiger partial charge in [-0.3, -0.25) is 4.79 Å². The summed E-state index contributed by atoms with van der Waals surface area (Å²) in [4.78, 5) is 27.1. The molecule has 1 aliphatic heterocycles. The Labute approximate surface area is 226 Å². The molecule has 3 aromatic rings. The van der Waals surface area contributed by atoms with E-state index < -0.39 is 11.9 Å². The Hall–Kier alpha value is -4.03. The lowest BCUT2D eigenvalue weighted by Gasteiger charge is -2.36. The van der Waals surface area contributed by atoms with Gasteiger partial charge in [0.2, 0.25) is 0 Å². The van der Waals surface area contributed by atoms with Crippen molar-refractivity contribution in [3.8, 4) is 11.5 Å². The molecule has 2 N–H and O–H groups in total. The summed E-state index contributed by atoms with van der Waals surface area (Å²) in [5, 5.41) is 14.2. The molecule has 38 heavy (non-hydrogen) atoms. The number of para-hydroxylation sites is 1. The van der Waals surface area contributed by atoms with Crippen LogP contribution in [-0.2, 0) is 14.3 Å². The summed E-state index contributed by atoms with van der Waals surface area (Å²) in [6.07, 6.45) is 0.923. The topological polar surface area (TPSA) is 84.9 Å². The SMILES string of the molecule is CC1=C(C(=O)OCCOc2ccccc2)[C@H](c2cccc(O)c2)C2=C(C[C@H](c3ccc(Cl)cc3)CC2=O)N1. The van der Waals surface area contributed by atoms with Crippen LogP contribution in [0.25, 0.3) is 0 Å². The lowest BCUT2D eigenvalue weighted by molar-refractivity contribution is -0.140. The van der Waals surface area contributed by atoms with Gasteiger partial charge in [0, 0.05) is 34.3 Å². The molecule has 1 heterocycles. The van der Waals surface area contributed by atoms with Gasteiger partial charge in [-0.05, 0) is 66.8 Å². The number of Topliss-reactive ketones (excluding diaryl/α,β-unsaturated/α-hetero) is 1. The van der Waals surface area contributed by atoms with Crippen molar-refractivity contribution in [2.75, 3.05) is 13.2 Å². The van der Waals surface area contributed by atoms with Crippen molar-refractivity contribution in [3.63, 3.8) is 0 Å². The Morgan fingerprint density at radius 3 is 2.47 bits per heavy atom. The van der Waals surface area contributed by atoms with E-state index >= 15 is 0 Å². The Morgan fingerprint density at radius 1 is 0.974 bits per heavy atom. The van der Waals surface area contributed by atoms with Gasteiger partial charge in [0.05, 0.1) is 5.57 Å². The highest BCUT2D eigenvalue weighted by Gasteiger charge is 2.41. The molecule has 0 saturated heterocycles. The summed E-state index contributed by atoms with van der Waals surface area (Å²) < 4.78 is 11.2. The van der Waals surface area contributed by atoms with E-state index in [4.69, 9.17) is 21.1 Å². The van der Waals surface area contributed by atoms with Crippen LogP contribution in [-0.4, -0.2) is 30.1 Å². The number of hydrogen-bond acceptors (Lipinski definition) is 6. The number of carbonyl (C=O) groups is 2. The molecule has 0 saturated carbocycles. The van der Waals surface area contributed by atoms with Crippen LogP contribution < -0.4 is 10.1 Å². The van der Waals surface area contributed by atoms with Gasteiger partial charge < -0.3 is 19.9 Å². The Morgan fingerprint density at radius 2 is 1.74 bits per heavy atom. The number of benzene rings is 3. The van der Waals surface area contributed by atoms with Gasteiger partial charge in [-0.25, -0.2) is 4.79 Å². The zero-order valence-corrected chi connectivity index (χ0v) is 21.7. The van der Waals surface area contributed by atoms with Gasteiger partial charge in [0.25, 0.3) is 0 Å². The highest BCUT2D eigenvalue weighted by atomic mass is 35.5. The van der Waals surface area contributed by atoms with Crippen molar-refractivity contribution in [2.24, 2.45) is 0 Å². The van der Waals surface area contributed by atoms with Gasteiger partial charge in [-0.2, -0.15) is 0 Å². The zero-order chi connectivity index (χ0) is 26.6. The Kier molecular flexibility index (Phi) is 7.52. The van der Waals surface area contributed by atoms with Crippen molar-refractivity contribution in [3.05, 3.63) is 118 Å². The number of aromatic hydroxyl groups is 1. The fraction of sp³-hybridized carbons (Fsp3) is 0.226. The number of esters is 1. The highest BCUT2D eigenvalue weighted by molar-refractivity contribution is 6.30. The fourth-order valence-corrected chi connectivity index (χ4v) is 5.33. The first kappa shape index (κ1) is 25.6. The van der Waals surface area contributed by atoms with Gasteiger partial charge >= 0.3 is 5.97 Å². The smallest absolute Gasteiger partial charge is 0.336 e. The molecular formula is C31H28ClNO5. The average molecular weight is 530 g/mol. The van der Waals surface area contributed by atoms with E-state index in [9.17, 15) is 14.7 Å². The summed E-state index contributed by atoms with van der Waals surface area (Å²) in [6.45, 7) is 2.06. The quantitative estimate of drug-likeness (QED) is 0.287. The van der Waals surface area contributed by atoms with Crippen LogP contribution >= 0.6 is 11.6 Å². The molecule has 1 aliphatic carbocycles. The third-order valence-electron chi connectivity index (χ3n) is 6.92. The van der Waals surface area contributed by atoms with E-state index in [1.54, 1.807) is 18.2 Å². The van der Waals surface area contributed by atoms with Crippen LogP contribution in [0.2, 0.25) is 5.02 Å². The zero-order valence-electron chi connectivity index (χ0n) is 20.9. The molecule has 194 valence electrons. The normalized spacial score (nSPS) is 19.1. The number of phenolic OH excluding ortho intramolecular Hbond substituents is 1. The van der Waals surface area contributed by atoms with Gasteiger partial charge in [-0.1, -0.05) is 54.1 Å². The Balaban J connectivity index is 1.41. The lowest BCUT2D eigenvalue weighted by Crippen LogP contribution is -2.36. The van der Waals surface area contributed by atoms with Crippen molar-refractivity contribution >= 4 is 23.4 Å². The lowest BCUT2D eigenvalue weighted by atomic mass is 9.71. The molecule has 0 aromatic heterocycles. The molecular weight excluding hydrogens is 502 g/mol. The van der Waals surface area contributed by atoms with E-state index in [-0.39, 0.29) is 30.7 Å². The maximum Gasteiger partial charge on any atom is 0.336 e.